The van der Waals surface area contributed by atoms with Crippen LogP contribution in [0.4, 0.5) is 0 Å². The average Bonchev–Trinajstić information content (AvgIpc) is 2.51. The fraction of sp³-hybridized carbons (Fsp3) is 0.625. The summed E-state index contributed by atoms with van der Waals surface area (Å²) in [6.07, 6.45) is 1.14. The molecule has 0 saturated carbocycles. The van der Waals surface area contributed by atoms with Crippen LogP contribution in [-0.2, 0) is 0 Å². The Hall–Kier alpha value is -1.26. The van der Waals surface area contributed by atoms with Gasteiger partial charge in [-0.25, -0.2) is 0 Å². The number of nitrogens with zero attached hydrogens (tertiary/aromatic N) is 1. The molecule has 0 spiro atoms. The zero-order chi connectivity index (χ0) is 14.5. The second kappa shape index (κ2) is 6.95. The number of rotatable bonds is 6. The van der Waals surface area contributed by atoms with Crippen molar-refractivity contribution in [1.82, 2.24) is 4.90 Å². The maximum atomic E-state index is 6.36. The van der Waals surface area contributed by atoms with Crippen molar-refractivity contribution in [3.63, 3.8) is 0 Å². The van der Waals surface area contributed by atoms with E-state index in [0.29, 0.717) is 19.3 Å². The van der Waals surface area contributed by atoms with Crippen LogP contribution in [0.3, 0.4) is 0 Å². The first-order valence-electron chi connectivity index (χ1n) is 7.54. The number of hydrogen-bond donors (Lipinski definition) is 1. The summed E-state index contributed by atoms with van der Waals surface area (Å²) in [5, 5.41) is 0. The maximum Gasteiger partial charge on any atom is 0.161 e. The quantitative estimate of drug-likeness (QED) is 0.869. The molecule has 4 heteroatoms. The molecule has 0 bridgehead atoms. The molecule has 2 rings (SSSR count). The van der Waals surface area contributed by atoms with Gasteiger partial charge in [0.2, 0.25) is 0 Å². The van der Waals surface area contributed by atoms with Crippen LogP contribution in [-0.4, -0.2) is 37.2 Å². The first kappa shape index (κ1) is 15.1. The van der Waals surface area contributed by atoms with Crippen LogP contribution in [0.1, 0.15) is 38.8 Å². The van der Waals surface area contributed by atoms with E-state index in [1.165, 1.54) is 0 Å². The Morgan fingerprint density at radius 3 is 2.55 bits per heavy atom. The smallest absolute Gasteiger partial charge is 0.161 e. The van der Waals surface area contributed by atoms with Crippen molar-refractivity contribution in [3.8, 4) is 11.5 Å². The second-order valence-corrected chi connectivity index (χ2v) is 5.35. The number of fused-ring (bicyclic) bond motifs is 1. The Balaban J connectivity index is 2.06. The van der Waals surface area contributed by atoms with Crippen molar-refractivity contribution < 1.29 is 9.47 Å². The minimum absolute atomic E-state index is 0.000207. The van der Waals surface area contributed by atoms with E-state index in [-0.39, 0.29) is 6.04 Å². The molecule has 2 N–H and O–H groups in total. The van der Waals surface area contributed by atoms with Gasteiger partial charge in [0.25, 0.3) is 0 Å². The molecule has 0 saturated heterocycles. The predicted octanol–water partition coefficient (Wildman–Crippen LogP) is 2.58. The second-order valence-electron chi connectivity index (χ2n) is 5.35. The largest absolute Gasteiger partial charge is 0.486 e. The van der Waals surface area contributed by atoms with E-state index >= 15 is 0 Å². The van der Waals surface area contributed by atoms with Crippen LogP contribution in [0, 0.1) is 0 Å². The number of nitrogens with two attached hydrogens (primary N) is 1. The van der Waals surface area contributed by atoms with Crippen molar-refractivity contribution in [2.75, 3.05) is 26.3 Å². The summed E-state index contributed by atoms with van der Waals surface area (Å²) in [5.74, 6) is 1.64. The third-order valence-electron chi connectivity index (χ3n) is 4.05. The van der Waals surface area contributed by atoms with Gasteiger partial charge in [-0.05, 0) is 37.6 Å². The molecule has 1 aliphatic heterocycles. The molecule has 112 valence electrons. The monoisotopic (exact) mass is 278 g/mol. The molecule has 0 aromatic heterocycles. The van der Waals surface area contributed by atoms with Gasteiger partial charge < -0.3 is 15.2 Å². The lowest BCUT2D eigenvalue weighted by Gasteiger charge is -2.30. The number of ether oxygens (including phenoxy) is 2. The maximum absolute atomic E-state index is 6.36. The molecule has 0 radical (unpaired) electrons. The van der Waals surface area contributed by atoms with Gasteiger partial charge in [-0.15, -0.1) is 0 Å². The van der Waals surface area contributed by atoms with Gasteiger partial charge in [0.15, 0.2) is 11.5 Å². The summed E-state index contributed by atoms with van der Waals surface area (Å²) in [6, 6.07) is 6.58. The van der Waals surface area contributed by atoms with E-state index in [9.17, 15) is 0 Å². The average molecular weight is 278 g/mol. The van der Waals surface area contributed by atoms with Gasteiger partial charge in [0.1, 0.15) is 13.2 Å². The molecular formula is C16H26N2O2. The lowest BCUT2D eigenvalue weighted by atomic mass is 10.0. The molecule has 2 unspecified atom stereocenters. The molecule has 2 atom stereocenters. The predicted molar refractivity (Wildman–Crippen MR) is 81.4 cm³/mol. The summed E-state index contributed by atoms with van der Waals surface area (Å²) in [7, 11) is 0. The molecule has 0 aliphatic carbocycles. The molecule has 1 aliphatic rings. The fourth-order valence-corrected chi connectivity index (χ4v) is 2.53. The van der Waals surface area contributed by atoms with E-state index in [1.807, 2.05) is 18.2 Å². The topological polar surface area (TPSA) is 47.7 Å². The van der Waals surface area contributed by atoms with Gasteiger partial charge in [0.05, 0.1) is 0 Å². The standard InChI is InChI=1S/C16H26N2O2/c1-4-12(3)18(5-2)11-14(17)13-6-7-15-16(10-13)20-9-8-19-15/h6-7,10,12,14H,4-5,8-9,11,17H2,1-3H3. The first-order valence-corrected chi connectivity index (χ1v) is 7.54. The summed E-state index contributed by atoms with van der Waals surface area (Å²) >= 11 is 0. The van der Waals surface area contributed by atoms with E-state index in [0.717, 1.165) is 36.6 Å². The lowest BCUT2D eigenvalue weighted by molar-refractivity contribution is 0.171. The van der Waals surface area contributed by atoms with Crippen LogP contribution in [0.15, 0.2) is 18.2 Å². The third-order valence-corrected chi connectivity index (χ3v) is 4.05. The third kappa shape index (κ3) is 3.44. The van der Waals surface area contributed by atoms with Crippen LogP contribution in [0.2, 0.25) is 0 Å². The van der Waals surface area contributed by atoms with Crippen molar-refractivity contribution in [3.05, 3.63) is 23.8 Å². The fourth-order valence-electron chi connectivity index (χ4n) is 2.53. The SMILES string of the molecule is CCC(C)N(CC)CC(N)c1ccc2c(c1)OCCO2. The number of likely N-dealkylation sites (N-methyl/N-ethyl adjacent to an activating group) is 1. The first-order chi connectivity index (χ1) is 9.65. The highest BCUT2D eigenvalue weighted by Gasteiger charge is 2.18. The van der Waals surface area contributed by atoms with Gasteiger partial charge in [-0.2, -0.15) is 0 Å². The highest BCUT2D eigenvalue weighted by atomic mass is 16.6. The molecule has 0 amide bonds. The molecule has 0 fully saturated rings. The normalized spacial score (nSPS) is 17.1. The molecular weight excluding hydrogens is 252 g/mol. The van der Waals surface area contributed by atoms with Crippen LogP contribution in [0.5, 0.6) is 11.5 Å². The highest BCUT2D eigenvalue weighted by molar-refractivity contribution is 5.44. The van der Waals surface area contributed by atoms with E-state index in [1.54, 1.807) is 0 Å². The number of hydrogen-bond acceptors (Lipinski definition) is 4. The summed E-state index contributed by atoms with van der Waals surface area (Å²) < 4.78 is 11.2. The van der Waals surface area contributed by atoms with E-state index < -0.39 is 0 Å². The molecule has 1 heterocycles. The van der Waals surface area contributed by atoms with E-state index in [4.69, 9.17) is 15.2 Å². The van der Waals surface area contributed by atoms with Crippen LogP contribution < -0.4 is 15.2 Å². The zero-order valence-electron chi connectivity index (χ0n) is 12.8. The number of benzene rings is 1. The molecule has 1 aromatic rings. The van der Waals surface area contributed by atoms with Crippen molar-refractivity contribution in [1.29, 1.82) is 0 Å². The van der Waals surface area contributed by atoms with Crippen molar-refractivity contribution in [2.45, 2.75) is 39.3 Å². The highest BCUT2D eigenvalue weighted by Crippen LogP contribution is 2.32. The Kier molecular flexibility index (Phi) is 5.26. The minimum atomic E-state index is -0.000207. The Morgan fingerprint density at radius 1 is 1.20 bits per heavy atom. The van der Waals surface area contributed by atoms with Crippen molar-refractivity contribution in [2.24, 2.45) is 5.73 Å². The zero-order valence-corrected chi connectivity index (χ0v) is 12.8. The Bertz CT molecular complexity index is 436. The molecule has 4 nitrogen and oxygen atoms in total. The summed E-state index contributed by atoms with van der Waals surface area (Å²) in [6.45, 7) is 9.76. The lowest BCUT2D eigenvalue weighted by Crippen LogP contribution is -2.38. The van der Waals surface area contributed by atoms with E-state index in [2.05, 4.69) is 25.7 Å². The van der Waals surface area contributed by atoms with Crippen LogP contribution in [0.25, 0.3) is 0 Å². The molecule has 20 heavy (non-hydrogen) atoms. The molecule has 1 aromatic carbocycles. The van der Waals surface area contributed by atoms with Gasteiger partial charge in [-0.1, -0.05) is 19.9 Å². The minimum Gasteiger partial charge on any atom is -0.486 e. The van der Waals surface area contributed by atoms with Crippen molar-refractivity contribution >= 4 is 0 Å². The van der Waals surface area contributed by atoms with Gasteiger partial charge in [0, 0.05) is 18.6 Å². The summed E-state index contributed by atoms with van der Waals surface area (Å²) in [4.78, 5) is 2.42. The Morgan fingerprint density at radius 2 is 1.90 bits per heavy atom. The Labute approximate surface area is 121 Å². The summed E-state index contributed by atoms with van der Waals surface area (Å²) in [5.41, 5.74) is 7.47. The van der Waals surface area contributed by atoms with Gasteiger partial charge >= 0.3 is 0 Å². The van der Waals surface area contributed by atoms with Gasteiger partial charge in [-0.3, -0.25) is 4.90 Å². The van der Waals surface area contributed by atoms with Crippen LogP contribution >= 0.6 is 0 Å².